The van der Waals surface area contributed by atoms with Gasteiger partial charge in [0.2, 0.25) is 0 Å². The molecule has 0 aliphatic heterocycles. The maximum atomic E-state index is 3.32. The molecule has 0 atom stereocenters. The van der Waals surface area contributed by atoms with Crippen LogP contribution >= 0.6 is 0 Å². The van der Waals surface area contributed by atoms with Gasteiger partial charge in [-0.2, -0.15) is 0 Å². The summed E-state index contributed by atoms with van der Waals surface area (Å²) in [4.78, 5) is 0. The zero-order valence-electron chi connectivity index (χ0n) is 15.4. The highest BCUT2D eigenvalue weighted by Gasteiger charge is 2.03. The minimum atomic E-state index is 0.993. The fourth-order valence-electron chi connectivity index (χ4n) is 2.94. The van der Waals surface area contributed by atoms with Crippen molar-refractivity contribution in [2.24, 2.45) is 0 Å². The largest absolute Gasteiger partial charge is 0.0622 e. The molecule has 4 aromatic rings. The summed E-state index contributed by atoms with van der Waals surface area (Å²) in [6, 6.07) is 36.7. The lowest BCUT2D eigenvalue weighted by Gasteiger charge is -2.05. The van der Waals surface area contributed by atoms with E-state index in [9.17, 15) is 0 Å². The van der Waals surface area contributed by atoms with Crippen molar-refractivity contribution in [3.63, 3.8) is 0 Å². The summed E-state index contributed by atoms with van der Waals surface area (Å²) in [6.45, 7) is 0. The Morgan fingerprint density at radius 3 is 1.64 bits per heavy atom. The van der Waals surface area contributed by atoms with Gasteiger partial charge in [-0.3, -0.25) is 0 Å². The molecule has 0 nitrogen and oxygen atoms in total. The zero-order chi connectivity index (χ0) is 19.0. The Morgan fingerprint density at radius 1 is 0.393 bits per heavy atom. The number of hydrogen-bond donors (Lipinski definition) is 0. The van der Waals surface area contributed by atoms with Crippen LogP contribution in [-0.2, 0) is 0 Å². The van der Waals surface area contributed by atoms with Crippen LogP contribution in [0, 0.1) is 23.7 Å². The van der Waals surface area contributed by atoms with Crippen LogP contribution in [0.4, 0.5) is 0 Å². The van der Waals surface area contributed by atoms with E-state index in [-0.39, 0.29) is 0 Å². The second-order valence-electron chi connectivity index (χ2n) is 6.36. The number of hydrogen-bond acceptors (Lipinski definition) is 0. The molecule has 0 saturated carbocycles. The zero-order valence-corrected chi connectivity index (χ0v) is 15.4. The van der Waals surface area contributed by atoms with Crippen LogP contribution < -0.4 is 0 Å². The minimum absolute atomic E-state index is 0.993. The van der Waals surface area contributed by atoms with E-state index in [0.717, 1.165) is 33.4 Å². The average Bonchev–Trinajstić information content (AvgIpc) is 2.78. The Morgan fingerprint density at radius 2 is 0.929 bits per heavy atom. The van der Waals surface area contributed by atoms with Gasteiger partial charge in [-0.05, 0) is 53.6 Å². The third-order valence-electron chi connectivity index (χ3n) is 4.34. The Labute approximate surface area is 166 Å². The van der Waals surface area contributed by atoms with Crippen LogP contribution in [0.5, 0.6) is 0 Å². The van der Waals surface area contributed by atoms with Crippen LogP contribution in [0.2, 0.25) is 0 Å². The topological polar surface area (TPSA) is 0 Å². The Bertz CT molecular complexity index is 1190. The maximum absolute atomic E-state index is 3.32. The molecule has 0 radical (unpaired) electrons. The van der Waals surface area contributed by atoms with Crippen molar-refractivity contribution < 1.29 is 0 Å². The second kappa shape index (κ2) is 8.59. The molecule has 0 spiro atoms. The first-order valence-electron chi connectivity index (χ1n) is 9.22. The minimum Gasteiger partial charge on any atom is -0.0622 e. The van der Waals surface area contributed by atoms with E-state index in [1.165, 1.54) is 0 Å². The van der Waals surface area contributed by atoms with E-state index in [0.29, 0.717) is 0 Å². The molecule has 130 valence electrons. The quantitative estimate of drug-likeness (QED) is 0.359. The van der Waals surface area contributed by atoms with Crippen molar-refractivity contribution in [1.29, 1.82) is 0 Å². The van der Waals surface area contributed by atoms with Crippen molar-refractivity contribution in [2.45, 2.75) is 0 Å². The van der Waals surface area contributed by atoms with Crippen molar-refractivity contribution in [2.75, 3.05) is 0 Å². The molecule has 0 aliphatic carbocycles. The van der Waals surface area contributed by atoms with Crippen molar-refractivity contribution >= 4 is 0 Å². The van der Waals surface area contributed by atoms with Gasteiger partial charge in [0, 0.05) is 22.3 Å². The van der Waals surface area contributed by atoms with Crippen LogP contribution in [0.15, 0.2) is 109 Å². The first-order valence-corrected chi connectivity index (χ1v) is 9.22. The summed E-state index contributed by atoms with van der Waals surface area (Å²) in [7, 11) is 0. The van der Waals surface area contributed by atoms with Gasteiger partial charge in [0.15, 0.2) is 0 Å². The molecule has 4 aromatic carbocycles. The highest BCUT2D eigenvalue weighted by atomic mass is 14.1. The fraction of sp³-hybridized carbons (Fsp3) is 0. The SMILES string of the molecule is C(#Cc1cccc(-c2ccccc2C#Cc2ccccc2)c1)c1ccccc1. The smallest absolute Gasteiger partial charge is 0.0327 e. The molecule has 0 N–H and O–H groups in total. The average molecular weight is 354 g/mol. The summed E-state index contributed by atoms with van der Waals surface area (Å²) in [5, 5.41) is 0. The molecule has 0 amide bonds. The first-order chi connectivity index (χ1) is 13.9. The van der Waals surface area contributed by atoms with Crippen molar-refractivity contribution in [1.82, 2.24) is 0 Å². The van der Waals surface area contributed by atoms with Gasteiger partial charge in [0.25, 0.3) is 0 Å². The summed E-state index contributed by atoms with van der Waals surface area (Å²) in [5.41, 5.74) is 6.28. The Hall–Kier alpha value is -4.00. The predicted molar refractivity (Wildman–Crippen MR) is 117 cm³/mol. The molecule has 4 rings (SSSR count). The molecule has 0 heteroatoms. The molecule has 0 unspecified atom stereocenters. The second-order valence-corrected chi connectivity index (χ2v) is 6.36. The molecule has 0 aromatic heterocycles. The van der Waals surface area contributed by atoms with Crippen molar-refractivity contribution in [3.05, 3.63) is 131 Å². The summed E-state index contributed by atoms with van der Waals surface area (Å²) in [6.07, 6.45) is 0. The molecule has 0 heterocycles. The fourth-order valence-corrected chi connectivity index (χ4v) is 2.94. The standard InChI is InChI=1S/C28H18/c1-3-10-23(11-4-1)18-19-25-14-9-16-27(22-25)28-17-8-7-15-26(28)21-20-24-12-5-2-6-13-24/h1-17,22H. The summed E-state index contributed by atoms with van der Waals surface area (Å²) in [5.74, 6) is 13.1. The highest BCUT2D eigenvalue weighted by molar-refractivity contribution is 5.72. The lowest BCUT2D eigenvalue weighted by Crippen LogP contribution is -1.86. The summed E-state index contributed by atoms with van der Waals surface area (Å²) >= 11 is 0. The third-order valence-corrected chi connectivity index (χ3v) is 4.34. The van der Waals surface area contributed by atoms with Gasteiger partial charge < -0.3 is 0 Å². The van der Waals surface area contributed by atoms with Gasteiger partial charge in [-0.1, -0.05) is 90.4 Å². The number of benzene rings is 4. The van der Waals surface area contributed by atoms with E-state index in [1.807, 2.05) is 84.9 Å². The van der Waals surface area contributed by atoms with E-state index in [4.69, 9.17) is 0 Å². The summed E-state index contributed by atoms with van der Waals surface area (Å²) < 4.78 is 0. The van der Waals surface area contributed by atoms with Gasteiger partial charge >= 0.3 is 0 Å². The van der Waals surface area contributed by atoms with E-state index in [1.54, 1.807) is 0 Å². The number of rotatable bonds is 1. The normalized spacial score (nSPS) is 9.57. The maximum Gasteiger partial charge on any atom is 0.0327 e. The van der Waals surface area contributed by atoms with Crippen LogP contribution in [0.3, 0.4) is 0 Å². The monoisotopic (exact) mass is 354 g/mol. The molecule has 0 saturated heterocycles. The van der Waals surface area contributed by atoms with Gasteiger partial charge in [0.05, 0.1) is 0 Å². The van der Waals surface area contributed by atoms with E-state index in [2.05, 4.69) is 47.9 Å². The molecule has 0 aliphatic rings. The first kappa shape index (κ1) is 17.4. The van der Waals surface area contributed by atoms with Gasteiger partial charge in [-0.25, -0.2) is 0 Å². The van der Waals surface area contributed by atoms with Crippen molar-refractivity contribution in [3.8, 4) is 34.8 Å². The van der Waals surface area contributed by atoms with Gasteiger partial charge in [0.1, 0.15) is 0 Å². The van der Waals surface area contributed by atoms with E-state index < -0.39 is 0 Å². The Balaban J connectivity index is 1.67. The van der Waals surface area contributed by atoms with Crippen LogP contribution in [0.1, 0.15) is 22.3 Å². The lowest BCUT2D eigenvalue weighted by atomic mass is 9.98. The van der Waals surface area contributed by atoms with Crippen LogP contribution in [0.25, 0.3) is 11.1 Å². The van der Waals surface area contributed by atoms with Crippen LogP contribution in [-0.4, -0.2) is 0 Å². The van der Waals surface area contributed by atoms with E-state index >= 15 is 0 Å². The molecular formula is C28H18. The lowest BCUT2D eigenvalue weighted by molar-refractivity contribution is 1.56. The Kier molecular flexibility index (Phi) is 5.34. The van der Waals surface area contributed by atoms with Gasteiger partial charge in [-0.15, -0.1) is 0 Å². The molecule has 0 bridgehead atoms. The molecule has 0 fully saturated rings. The highest BCUT2D eigenvalue weighted by Crippen LogP contribution is 2.24. The molecular weight excluding hydrogens is 336 g/mol. The third kappa shape index (κ3) is 4.39. The predicted octanol–water partition coefficient (Wildman–Crippen LogP) is 6.15. The molecule has 28 heavy (non-hydrogen) atoms.